The van der Waals surface area contributed by atoms with Crippen molar-refractivity contribution in [1.82, 2.24) is 16.0 Å². The molecule has 1 fully saturated rings. The third-order valence-electron chi connectivity index (χ3n) is 2.92. The molecule has 3 amide bonds. The molecular weight excluding hydrogens is 260 g/mol. The highest BCUT2D eigenvalue weighted by Crippen LogP contribution is 2.17. The van der Waals surface area contributed by atoms with Gasteiger partial charge < -0.3 is 21.7 Å². The summed E-state index contributed by atoms with van der Waals surface area (Å²) in [6.07, 6.45) is 2.71. The van der Waals surface area contributed by atoms with Crippen LogP contribution >= 0.6 is 0 Å². The molecule has 1 atom stereocenters. The summed E-state index contributed by atoms with van der Waals surface area (Å²) in [6, 6.07) is -0.198. The van der Waals surface area contributed by atoms with Crippen molar-refractivity contribution < 1.29 is 14.4 Å². The van der Waals surface area contributed by atoms with Crippen molar-refractivity contribution in [3.8, 4) is 0 Å². The molecule has 0 aromatic carbocycles. The Kier molecular flexibility index (Phi) is 6.44. The van der Waals surface area contributed by atoms with Crippen LogP contribution in [0.3, 0.4) is 0 Å². The highest BCUT2D eigenvalue weighted by molar-refractivity contribution is 5.90. The molecular formula is C13H24N4O3. The molecule has 0 unspecified atom stereocenters. The van der Waals surface area contributed by atoms with Crippen LogP contribution in [-0.2, 0) is 14.4 Å². The molecule has 0 saturated heterocycles. The number of amides is 3. The Bertz CT molecular complexity index is 367. The predicted octanol–water partition coefficient (Wildman–Crippen LogP) is -1.13. The van der Waals surface area contributed by atoms with E-state index in [1.807, 2.05) is 13.8 Å². The molecule has 20 heavy (non-hydrogen) atoms. The van der Waals surface area contributed by atoms with E-state index in [0.29, 0.717) is 12.5 Å². The summed E-state index contributed by atoms with van der Waals surface area (Å²) in [5, 5.41) is 8.20. The van der Waals surface area contributed by atoms with Gasteiger partial charge in [-0.2, -0.15) is 0 Å². The Morgan fingerprint density at radius 1 is 1.20 bits per heavy atom. The smallest absolute Gasteiger partial charge is 0.243 e. The standard InChI is InChI=1S/C13H24N4O3/c1-8(2)5-10(13(20)16-6-11(14)18)17-12(19)7-15-9-3-4-9/h8-10,15H,3-7H2,1-2H3,(H2,14,18)(H,16,20)(H,17,19)/t10-/m0/s1. The van der Waals surface area contributed by atoms with Crippen LogP contribution in [0.4, 0.5) is 0 Å². The Labute approximate surface area is 119 Å². The summed E-state index contributed by atoms with van der Waals surface area (Å²) in [6.45, 7) is 3.91. The summed E-state index contributed by atoms with van der Waals surface area (Å²) in [7, 11) is 0. The number of hydrogen-bond donors (Lipinski definition) is 4. The monoisotopic (exact) mass is 284 g/mol. The zero-order valence-electron chi connectivity index (χ0n) is 12.1. The second-order valence-electron chi connectivity index (χ2n) is 5.59. The molecule has 0 radical (unpaired) electrons. The average molecular weight is 284 g/mol. The van der Waals surface area contributed by atoms with Crippen molar-refractivity contribution in [2.75, 3.05) is 13.1 Å². The fourth-order valence-corrected chi connectivity index (χ4v) is 1.77. The maximum atomic E-state index is 11.9. The van der Waals surface area contributed by atoms with Gasteiger partial charge in [0, 0.05) is 6.04 Å². The molecule has 0 aromatic rings. The second-order valence-corrected chi connectivity index (χ2v) is 5.59. The Morgan fingerprint density at radius 3 is 2.35 bits per heavy atom. The number of nitrogens with two attached hydrogens (primary N) is 1. The lowest BCUT2D eigenvalue weighted by Gasteiger charge is -2.20. The van der Waals surface area contributed by atoms with Crippen LogP contribution in [-0.4, -0.2) is 42.9 Å². The zero-order chi connectivity index (χ0) is 15.1. The van der Waals surface area contributed by atoms with Gasteiger partial charge in [-0.1, -0.05) is 13.8 Å². The summed E-state index contributed by atoms with van der Waals surface area (Å²) in [4.78, 5) is 34.3. The van der Waals surface area contributed by atoms with Gasteiger partial charge in [-0.05, 0) is 25.2 Å². The van der Waals surface area contributed by atoms with Crippen LogP contribution in [0.25, 0.3) is 0 Å². The van der Waals surface area contributed by atoms with Crippen LogP contribution in [0.1, 0.15) is 33.1 Å². The summed E-state index contributed by atoms with van der Waals surface area (Å²) in [5.41, 5.74) is 4.98. The van der Waals surface area contributed by atoms with Gasteiger partial charge in [-0.25, -0.2) is 0 Å². The van der Waals surface area contributed by atoms with Crippen molar-refractivity contribution in [3.05, 3.63) is 0 Å². The van der Waals surface area contributed by atoms with E-state index in [2.05, 4.69) is 16.0 Å². The van der Waals surface area contributed by atoms with Gasteiger partial charge in [0.1, 0.15) is 6.04 Å². The molecule has 1 rings (SSSR count). The number of carbonyl (C=O) groups is 3. The summed E-state index contributed by atoms with van der Waals surface area (Å²) in [5.74, 6) is -0.951. The van der Waals surface area contributed by atoms with E-state index in [4.69, 9.17) is 5.73 Å². The van der Waals surface area contributed by atoms with Crippen molar-refractivity contribution in [3.63, 3.8) is 0 Å². The molecule has 0 aliphatic heterocycles. The molecule has 1 aliphatic rings. The van der Waals surface area contributed by atoms with Crippen molar-refractivity contribution in [2.45, 2.75) is 45.2 Å². The fraction of sp³-hybridized carbons (Fsp3) is 0.769. The molecule has 0 bridgehead atoms. The summed E-state index contributed by atoms with van der Waals surface area (Å²) >= 11 is 0. The van der Waals surface area contributed by atoms with E-state index in [0.717, 1.165) is 12.8 Å². The SMILES string of the molecule is CC(C)C[C@H](NC(=O)CNC1CC1)C(=O)NCC(N)=O. The first-order chi connectivity index (χ1) is 9.38. The first-order valence-corrected chi connectivity index (χ1v) is 6.97. The largest absolute Gasteiger partial charge is 0.368 e. The molecule has 1 aliphatic carbocycles. The van der Waals surface area contributed by atoms with E-state index in [-0.39, 0.29) is 30.8 Å². The molecule has 0 heterocycles. The van der Waals surface area contributed by atoms with Gasteiger partial charge in [0.25, 0.3) is 0 Å². The minimum atomic E-state index is -0.636. The van der Waals surface area contributed by atoms with Gasteiger partial charge in [-0.15, -0.1) is 0 Å². The van der Waals surface area contributed by atoms with Crippen LogP contribution in [0, 0.1) is 5.92 Å². The Hall–Kier alpha value is -1.63. The lowest BCUT2D eigenvalue weighted by molar-refractivity contribution is -0.130. The Balaban J connectivity index is 2.41. The fourth-order valence-electron chi connectivity index (χ4n) is 1.77. The van der Waals surface area contributed by atoms with Crippen LogP contribution in [0.2, 0.25) is 0 Å². The highest BCUT2D eigenvalue weighted by atomic mass is 16.2. The van der Waals surface area contributed by atoms with Crippen molar-refractivity contribution in [2.24, 2.45) is 11.7 Å². The quantitative estimate of drug-likeness (QED) is 0.429. The van der Waals surface area contributed by atoms with Gasteiger partial charge in [0.2, 0.25) is 17.7 Å². The molecule has 0 spiro atoms. The first kappa shape index (κ1) is 16.4. The maximum Gasteiger partial charge on any atom is 0.243 e. The van der Waals surface area contributed by atoms with E-state index >= 15 is 0 Å². The van der Waals surface area contributed by atoms with Crippen LogP contribution < -0.4 is 21.7 Å². The third kappa shape index (κ3) is 7.08. The lowest BCUT2D eigenvalue weighted by atomic mass is 10.0. The molecule has 0 aromatic heterocycles. The molecule has 114 valence electrons. The number of rotatable bonds is 9. The Morgan fingerprint density at radius 2 is 1.85 bits per heavy atom. The number of hydrogen-bond acceptors (Lipinski definition) is 4. The number of nitrogens with one attached hydrogen (secondary N) is 3. The van der Waals surface area contributed by atoms with Gasteiger partial charge in [0.15, 0.2) is 0 Å². The van der Waals surface area contributed by atoms with E-state index < -0.39 is 11.9 Å². The normalized spacial score (nSPS) is 15.8. The molecule has 7 heteroatoms. The maximum absolute atomic E-state index is 11.9. The average Bonchev–Trinajstić information content (AvgIpc) is 3.16. The number of carbonyl (C=O) groups excluding carboxylic acids is 3. The number of primary amides is 1. The van der Waals surface area contributed by atoms with E-state index in [1.54, 1.807) is 0 Å². The minimum Gasteiger partial charge on any atom is -0.368 e. The van der Waals surface area contributed by atoms with Gasteiger partial charge in [-0.3, -0.25) is 14.4 Å². The molecule has 5 N–H and O–H groups in total. The van der Waals surface area contributed by atoms with Crippen LogP contribution in [0.15, 0.2) is 0 Å². The van der Waals surface area contributed by atoms with Crippen molar-refractivity contribution >= 4 is 17.7 Å². The molecule has 7 nitrogen and oxygen atoms in total. The van der Waals surface area contributed by atoms with E-state index in [1.165, 1.54) is 0 Å². The zero-order valence-corrected chi connectivity index (χ0v) is 12.1. The first-order valence-electron chi connectivity index (χ1n) is 6.97. The van der Waals surface area contributed by atoms with E-state index in [9.17, 15) is 14.4 Å². The third-order valence-corrected chi connectivity index (χ3v) is 2.92. The minimum absolute atomic E-state index is 0.211. The predicted molar refractivity (Wildman–Crippen MR) is 74.6 cm³/mol. The second kappa shape index (κ2) is 7.84. The highest BCUT2D eigenvalue weighted by Gasteiger charge is 2.24. The lowest BCUT2D eigenvalue weighted by Crippen LogP contribution is -2.51. The van der Waals surface area contributed by atoms with Gasteiger partial charge >= 0.3 is 0 Å². The van der Waals surface area contributed by atoms with Crippen LogP contribution in [0.5, 0.6) is 0 Å². The van der Waals surface area contributed by atoms with Crippen molar-refractivity contribution in [1.29, 1.82) is 0 Å². The topological polar surface area (TPSA) is 113 Å². The summed E-state index contributed by atoms with van der Waals surface area (Å²) < 4.78 is 0. The molecule has 1 saturated carbocycles. The van der Waals surface area contributed by atoms with Gasteiger partial charge in [0.05, 0.1) is 13.1 Å².